The topological polar surface area (TPSA) is 95.9 Å². The Bertz CT molecular complexity index is 878. The first-order valence-electron chi connectivity index (χ1n) is 26.5. The molecule has 0 aromatic heterocycles. The summed E-state index contributed by atoms with van der Waals surface area (Å²) in [5.41, 5.74) is 0. The van der Waals surface area contributed by atoms with Gasteiger partial charge in [0, 0.05) is 12.8 Å². The molecule has 0 aromatic rings. The molecule has 6 nitrogen and oxygen atoms in total. The highest BCUT2D eigenvalue weighted by Crippen LogP contribution is 2.16. The Kier molecular flexibility index (Phi) is 48.1. The summed E-state index contributed by atoms with van der Waals surface area (Å²) in [7, 11) is 0. The molecule has 0 fully saturated rings. The quantitative estimate of drug-likeness (QED) is 0.0322. The molecule has 59 heavy (non-hydrogen) atoms. The number of allylic oxidation sites excluding steroid dienone is 1. The van der Waals surface area contributed by atoms with E-state index in [-0.39, 0.29) is 18.5 Å². The van der Waals surface area contributed by atoms with Crippen LogP contribution in [0.4, 0.5) is 0 Å². The lowest BCUT2D eigenvalue weighted by Gasteiger charge is -2.20. The van der Waals surface area contributed by atoms with E-state index in [1.165, 1.54) is 205 Å². The van der Waals surface area contributed by atoms with Gasteiger partial charge in [0.1, 0.15) is 0 Å². The Hall–Kier alpha value is -1.40. The SMILES string of the molecule is CCCCCCCCCCCCCCCCC/C=C/C(O)C(CO)NC(=O)CCCCCCCCCCCCCOC(=O)CCCCCCCCCCCCCCCC. The molecule has 0 aromatic carbocycles. The van der Waals surface area contributed by atoms with Crippen molar-refractivity contribution in [2.45, 2.75) is 302 Å². The monoisotopic (exact) mass is 834 g/mol. The van der Waals surface area contributed by atoms with Crippen molar-refractivity contribution in [3.05, 3.63) is 12.2 Å². The van der Waals surface area contributed by atoms with Crippen LogP contribution < -0.4 is 5.32 Å². The summed E-state index contributed by atoms with van der Waals surface area (Å²) < 4.78 is 5.46. The summed E-state index contributed by atoms with van der Waals surface area (Å²) in [6.07, 6.45) is 56.4. The molecule has 350 valence electrons. The maximum atomic E-state index is 12.4. The highest BCUT2D eigenvalue weighted by Gasteiger charge is 2.18. The van der Waals surface area contributed by atoms with E-state index < -0.39 is 12.1 Å². The molecule has 0 aliphatic carbocycles. The van der Waals surface area contributed by atoms with Gasteiger partial charge < -0.3 is 20.3 Å². The van der Waals surface area contributed by atoms with Crippen molar-refractivity contribution in [3.63, 3.8) is 0 Å². The van der Waals surface area contributed by atoms with Crippen molar-refractivity contribution >= 4 is 11.9 Å². The second kappa shape index (κ2) is 49.3. The van der Waals surface area contributed by atoms with E-state index in [4.69, 9.17) is 4.74 Å². The van der Waals surface area contributed by atoms with Crippen molar-refractivity contribution in [3.8, 4) is 0 Å². The van der Waals surface area contributed by atoms with Gasteiger partial charge in [-0.3, -0.25) is 9.59 Å². The van der Waals surface area contributed by atoms with Gasteiger partial charge in [0.05, 0.1) is 25.4 Å². The predicted octanol–water partition coefficient (Wildman–Crippen LogP) is 15.7. The van der Waals surface area contributed by atoms with Crippen molar-refractivity contribution in [1.82, 2.24) is 5.32 Å². The molecular formula is C53H103NO5. The van der Waals surface area contributed by atoms with E-state index in [0.29, 0.717) is 19.4 Å². The summed E-state index contributed by atoms with van der Waals surface area (Å²) in [6, 6.07) is -0.640. The highest BCUT2D eigenvalue weighted by molar-refractivity contribution is 5.76. The number of amides is 1. The van der Waals surface area contributed by atoms with Crippen LogP contribution in [0.5, 0.6) is 0 Å². The van der Waals surface area contributed by atoms with Gasteiger partial charge in [-0.25, -0.2) is 0 Å². The van der Waals surface area contributed by atoms with Crippen LogP contribution in [0.1, 0.15) is 290 Å². The van der Waals surface area contributed by atoms with E-state index in [2.05, 4.69) is 19.2 Å². The van der Waals surface area contributed by atoms with Gasteiger partial charge in [-0.1, -0.05) is 257 Å². The number of ether oxygens (including phenoxy) is 1. The third-order valence-corrected chi connectivity index (χ3v) is 12.3. The molecule has 0 bridgehead atoms. The zero-order valence-electron chi connectivity index (χ0n) is 39.7. The van der Waals surface area contributed by atoms with Crippen molar-refractivity contribution in [1.29, 1.82) is 0 Å². The second-order valence-corrected chi connectivity index (χ2v) is 18.2. The zero-order chi connectivity index (χ0) is 43.0. The number of aliphatic hydroxyl groups excluding tert-OH is 2. The van der Waals surface area contributed by atoms with Crippen LogP contribution in [-0.2, 0) is 14.3 Å². The van der Waals surface area contributed by atoms with Crippen molar-refractivity contribution in [2.24, 2.45) is 0 Å². The minimum absolute atomic E-state index is 0.0128. The fraction of sp³-hybridized carbons (Fsp3) is 0.925. The standard InChI is InChI=1S/C53H103NO5/c1-3-5-7-9-11-13-15-17-19-20-21-22-25-29-33-37-41-45-51(56)50(49-55)54-52(57)46-42-38-34-30-26-24-28-32-36-40-44-48-59-53(58)47-43-39-35-31-27-23-18-16-14-12-10-8-6-4-2/h41,45,50-51,55-56H,3-40,42-44,46-49H2,1-2H3,(H,54,57)/b45-41+. The Morgan fingerprint density at radius 2 is 0.780 bits per heavy atom. The van der Waals surface area contributed by atoms with Gasteiger partial charge in [0.15, 0.2) is 0 Å². The van der Waals surface area contributed by atoms with E-state index >= 15 is 0 Å². The average molecular weight is 834 g/mol. The number of hydrogen-bond acceptors (Lipinski definition) is 5. The van der Waals surface area contributed by atoms with E-state index in [1.54, 1.807) is 6.08 Å². The fourth-order valence-corrected chi connectivity index (χ4v) is 8.22. The number of carbonyl (C=O) groups excluding carboxylic acids is 2. The van der Waals surface area contributed by atoms with Crippen LogP contribution in [0.25, 0.3) is 0 Å². The Labute approximate surface area is 368 Å². The van der Waals surface area contributed by atoms with Crippen LogP contribution >= 0.6 is 0 Å². The van der Waals surface area contributed by atoms with E-state index in [1.807, 2.05) is 6.08 Å². The number of aliphatic hydroxyl groups is 2. The number of rotatable bonds is 49. The van der Waals surface area contributed by atoms with Crippen LogP contribution in [0.3, 0.4) is 0 Å². The highest BCUT2D eigenvalue weighted by atomic mass is 16.5. The lowest BCUT2D eigenvalue weighted by molar-refractivity contribution is -0.143. The summed E-state index contributed by atoms with van der Waals surface area (Å²) in [4.78, 5) is 24.5. The molecule has 6 heteroatoms. The maximum absolute atomic E-state index is 12.4. The molecular weight excluding hydrogens is 731 g/mol. The number of hydrogen-bond donors (Lipinski definition) is 3. The smallest absolute Gasteiger partial charge is 0.305 e. The first-order valence-corrected chi connectivity index (χ1v) is 26.5. The summed E-state index contributed by atoms with van der Waals surface area (Å²) in [5, 5.41) is 23.1. The number of unbranched alkanes of at least 4 members (excludes halogenated alkanes) is 38. The van der Waals surface area contributed by atoms with Gasteiger partial charge in [0.25, 0.3) is 0 Å². The first kappa shape index (κ1) is 57.6. The van der Waals surface area contributed by atoms with Crippen LogP contribution in [0, 0.1) is 0 Å². The molecule has 2 atom stereocenters. The summed E-state index contributed by atoms with van der Waals surface area (Å²) in [6.45, 7) is 4.87. The Morgan fingerprint density at radius 1 is 0.458 bits per heavy atom. The number of carbonyl (C=O) groups is 2. The third-order valence-electron chi connectivity index (χ3n) is 12.3. The second-order valence-electron chi connectivity index (χ2n) is 18.2. The molecule has 3 N–H and O–H groups in total. The molecule has 0 spiro atoms. The largest absolute Gasteiger partial charge is 0.466 e. The molecule has 0 radical (unpaired) electrons. The van der Waals surface area contributed by atoms with E-state index in [0.717, 1.165) is 57.8 Å². The Balaban J connectivity index is 3.49. The van der Waals surface area contributed by atoms with Crippen molar-refractivity contribution < 1.29 is 24.5 Å². The molecule has 0 heterocycles. The van der Waals surface area contributed by atoms with Gasteiger partial charge >= 0.3 is 5.97 Å². The predicted molar refractivity (Wildman–Crippen MR) is 255 cm³/mol. The van der Waals surface area contributed by atoms with Crippen LogP contribution in [0.15, 0.2) is 12.2 Å². The van der Waals surface area contributed by atoms with Gasteiger partial charge in [-0.2, -0.15) is 0 Å². The molecule has 0 saturated heterocycles. The summed E-state index contributed by atoms with van der Waals surface area (Å²) >= 11 is 0. The molecule has 0 aliphatic rings. The normalized spacial score (nSPS) is 12.7. The van der Waals surface area contributed by atoms with Crippen LogP contribution in [0.2, 0.25) is 0 Å². The lowest BCUT2D eigenvalue weighted by atomic mass is 10.0. The molecule has 0 rings (SSSR count). The van der Waals surface area contributed by atoms with E-state index in [9.17, 15) is 19.8 Å². The first-order chi connectivity index (χ1) is 29.0. The van der Waals surface area contributed by atoms with Crippen LogP contribution in [-0.4, -0.2) is 47.4 Å². The van der Waals surface area contributed by atoms with Gasteiger partial charge in [-0.15, -0.1) is 0 Å². The minimum Gasteiger partial charge on any atom is -0.466 e. The maximum Gasteiger partial charge on any atom is 0.305 e. The van der Waals surface area contributed by atoms with Gasteiger partial charge in [0.2, 0.25) is 5.91 Å². The summed E-state index contributed by atoms with van der Waals surface area (Å²) in [5.74, 6) is -0.0973. The van der Waals surface area contributed by atoms with Crippen molar-refractivity contribution in [2.75, 3.05) is 13.2 Å². The molecule has 2 unspecified atom stereocenters. The fourth-order valence-electron chi connectivity index (χ4n) is 8.22. The average Bonchev–Trinajstić information content (AvgIpc) is 3.24. The Morgan fingerprint density at radius 3 is 1.15 bits per heavy atom. The number of esters is 1. The molecule has 1 amide bonds. The minimum atomic E-state index is -0.855. The zero-order valence-corrected chi connectivity index (χ0v) is 39.7. The third kappa shape index (κ3) is 45.9. The molecule has 0 aliphatic heterocycles. The number of nitrogens with one attached hydrogen (secondary N) is 1. The molecule has 0 saturated carbocycles. The van der Waals surface area contributed by atoms with Gasteiger partial charge in [-0.05, 0) is 32.1 Å². The lowest BCUT2D eigenvalue weighted by Crippen LogP contribution is -2.45.